The minimum Gasteiger partial charge on any atom is -0.291 e. The molecule has 1 saturated heterocycles. The third-order valence-corrected chi connectivity index (χ3v) is 6.33. The van der Waals surface area contributed by atoms with Gasteiger partial charge in [0, 0.05) is 0 Å². The molecule has 2 heterocycles. The van der Waals surface area contributed by atoms with E-state index < -0.39 is 0 Å². The van der Waals surface area contributed by atoms with Crippen LogP contribution in [0.4, 0.5) is 0 Å². The van der Waals surface area contributed by atoms with Crippen molar-refractivity contribution in [3.05, 3.63) is 35.2 Å². The van der Waals surface area contributed by atoms with Gasteiger partial charge < -0.3 is 0 Å². The Morgan fingerprint density at radius 3 is 2.40 bits per heavy atom. The molecule has 0 atom stereocenters. The number of nitrogens with zero attached hydrogens (tertiary/aromatic N) is 5. The quantitative estimate of drug-likeness (QED) is 0.850. The van der Waals surface area contributed by atoms with Crippen molar-refractivity contribution in [2.24, 2.45) is 0 Å². The van der Waals surface area contributed by atoms with Crippen molar-refractivity contribution in [3.8, 4) is 5.69 Å². The molecular weight excluding hydrogens is 310 g/mol. The Balaban J connectivity index is 1.81. The number of hydrogen-bond donors (Lipinski definition) is 0. The fourth-order valence-electron chi connectivity index (χ4n) is 4.74. The number of aromatic nitrogens is 4. The average Bonchev–Trinajstić information content (AvgIpc) is 3.15. The Kier molecular flexibility index (Phi) is 4.59. The van der Waals surface area contributed by atoms with Crippen LogP contribution in [-0.2, 0) is 5.54 Å². The second-order valence-electron chi connectivity index (χ2n) is 7.77. The molecule has 5 nitrogen and oxygen atoms in total. The Labute approximate surface area is 150 Å². The summed E-state index contributed by atoms with van der Waals surface area (Å²) in [6.45, 7) is 6.69. The Morgan fingerprint density at radius 2 is 1.64 bits per heavy atom. The van der Waals surface area contributed by atoms with E-state index in [0.29, 0.717) is 0 Å². The molecule has 134 valence electrons. The lowest BCUT2D eigenvalue weighted by Crippen LogP contribution is -2.51. The van der Waals surface area contributed by atoms with Crippen molar-refractivity contribution < 1.29 is 0 Å². The monoisotopic (exact) mass is 339 g/mol. The highest BCUT2D eigenvalue weighted by atomic mass is 15.6. The maximum atomic E-state index is 4.59. The van der Waals surface area contributed by atoms with Gasteiger partial charge in [-0.15, -0.1) is 5.10 Å². The fourth-order valence-corrected chi connectivity index (χ4v) is 4.74. The lowest BCUT2D eigenvalue weighted by Gasteiger charge is -2.47. The van der Waals surface area contributed by atoms with Gasteiger partial charge in [0.25, 0.3) is 0 Å². The lowest BCUT2D eigenvalue weighted by molar-refractivity contribution is 0.0213. The van der Waals surface area contributed by atoms with Crippen LogP contribution >= 0.6 is 0 Å². The van der Waals surface area contributed by atoms with Gasteiger partial charge in [0.15, 0.2) is 5.82 Å². The Hall–Kier alpha value is -1.75. The van der Waals surface area contributed by atoms with Crippen LogP contribution in [0.3, 0.4) is 0 Å². The normalized spacial score (nSPS) is 21.4. The third-order valence-electron chi connectivity index (χ3n) is 6.33. The van der Waals surface area contributed by atoms with Gasteiger partial charge in [0.05, 0.1) is 11.2 Å². The number of aryl methyl sites for hydroxylation is 1. The van der Waals surface area contributed by atoms with Gasteiger partial charge in [-0.2, -0.15) is 4.68 Å². The van der Waals surface area contributed by atoms with Crippen molar-refractivity contribution in [2.45, 2.75) is 70.8 Å². The number of benzene rings is 1. The second kappa shape index (κ2) is 6.87. The number of hydrogen-bond acceptors (Lipinski definition) is 4. The van der Waals surface area contributed by atoms with E-state index in [0.717, 1.165) is 11.5 Å². The van der Waals surface area contributed by atoms with Gasteiger partial charge in [-0.05, 0) is 80.2 Å². The van der Waals surface area contributed by atoms with Crippen molar-refractivity contribution in [3.63, 3.8) is 0 Å². The van der Waals surface area contributed by atoms with Crippen LogP contribution in [0.1, 0.15) is 68.3 Å². The minimum atomic E-state index is 0.0123. The van der Waals surface area contributed by atoms with Crippen LogP contribution < -0.4 is 0 Å². The summed E-state index contributed by atoms with van der Waals surface area (Å²) in [7, 11) is 0. The highest BCUT2D eigenvalue weighted by Crippen LogP contribution is 2.43. The van der Waals surface area contributed by atoms with E-state index >= 15 is 0 Å². The molecule has 2 fully saturated rings. The van der Waals surface area contributed by atoms with Crippen LogP contribution in [0.5, 0.6) is 0 Å². The van der Waals surface area contributed by atoms with Gasteiger partial charge in [0.1, 0.15) is 0 Å². The highest BCUT2D eigenvalue weighted by Gasteiger charge is 2.44. The number of likely N-dealkylation sites (tertiary alicyclic amines) is 1. The average molecular weight is 339 g/mol. The number of piperidine rings is 1. The molecule has 1 aromatic heterocycles. The van der Waals surface area contributed by atoms with Gasteiger partial charge >= 0.3 is 0 Å². The molecule has 0 N–H and O–H groups in total. The first-order valence-corrected chi connectivity index (χ1v) is 9.83. The van der Waals surface area contributed by atoms with E-state index in [2.05, 4.69) is 52.5 Å². The smallest absolute Gasteiger partial charge is 0.176 e. The van der Waals surface area contributed by atoms with Gasteiger partial charge in [-0.25, -0.2) is 0 Å². The molecule has 0 amide bonds. The maximum absolute atomic E-state index is 4.59. The van der Waals surface area contributed by atoms with Crippen LogP contribution in [0.25, 0.3) is 5.69 Å². The minimum absolute atomic E-state index is 0.0123. The molecule has 5 heteroatoms. The molecule has 2 aromatic rings. The van der Waals surface area contributed by atoms with E-state index in [1.165, 1.54) is 75.6 Å². The summed E-state index contributed by atoms with van der Waals surface area (Å²) in [5.74, 6) is 1.06. The van der Waals surface area contributed by atoms with Crippen molar-refractivity contribution in [1.82, 2.24) is 25.1 Å². The van der Waals surface area contributed by atoms with Crippen LogP contribution in [0, 0.1) is 13.8 Å². The summed E-state index contributed by atoms with van der Waals surface area (Å²) < 4.78 is 2.03. The summed E-state index contributed by atoms with van der Waals surface area (Å²) >= 11 is 0. The largest absolute Gasteiger partial charge is 0.291 e. The molecule has 2 aliphatic rings. The summed E-state index contributed by atoms with van der Waals surface area (Å²) in [6.07, 6.45) is 10.2. The van der Waals surface area contributed by atoms with Crippen LogP contribution in [0.2, 0.25) is 0 Å². The van der Waals surface area contributed by atoms with Crippen LogP contribution in [0.15, 0.2) is 18.2 Å². The first kappa shape index (κ1) is 16.7. The Morgan fingerprint density at radius 1 is 0.920 bits per heavy atom. The molecule has 1 aromatic carbocycles. The third kappa shape index (κ3) is 2.88. The summed E-state index contributed by atoms with van der Waals surface area (Å²) in [4.78, 5) is 2.70. The molecular formula is C20H29N5. The van der Waals surface area contributed by atoms with Gasteiger partial charge in [-0.3, -0.25) is 4.90 Å². The molecule has 25 heavy (non-hydrogen) atoms. The maximum Gasteiger partial charge on any atom is 0.176 e. The van der Waals surface area contributed by atoms with Gasteiger partial charge in [-0.1, -0.05) is 37.8 Å². The second-order valence-corrected chi connectivity index (χ2v) is 7.77. The highest BCUT2D eigenvalue weighted by molar-refractivity contribution is 5.44. The van der Waals surface area contributed by atoms with Crippen molar-refractivity contribution in [2.75, 3.05) is 13.1 Å². The molecule has 1 aliphatic heterocycles. The lowest BCUT2D eigenvalue weighted by atomic mass is 9.78. The first-order chi connectivity index (χ1) is 12.2. The topological polar surface area (TPSA) is 46.8 Å². The van der Waals surface area contributed by atoms with E-state index in [1.54, 1.807) is 0 Å². The predicted molar refractivity (Wildman–Crippen MR) is 98.8 cm³/mol. The first-order valence-electron chi connectivity index (χ1n) is 9.83. The molecule has 1 saturated carbocycles. The summed E-state index contributed by atoms with van der Waals surface area (Å²) in [6, 6.07) is 6.41. The number of rotatable bonds is 3. The predicted octanol–water partition coefficient (Wildman–Crippen LogP) is 3.92. The van der Waals surface area contributed by atoms with Gasteiger partial charge in [0.2, 0.25) is 0 Å². The fraction of sp³-hybridized carbons (Fsp3) is 0.650. The molecule has 4 rings (SSSR count). The van der Waals surface area contributed by atoms with E-state index in [-0.39, 0.29) is 5.54 Å². The molecule has 0 radical (unpaired) electrons. The van der Waals surface area contributed by atoms with E-state index in [1.807, 2.05) is 4.68 Å². The molecule has 0 unspecified atom stereocenters. The molecule has 0 spiro atoms. The SMILES string of the molecule is Cc1cccc(-n2nnnc2C2(N3CCCCC3)CCCCC2)c1C. The number of tetrazole rings is 1. The zero-order valence-corrected chi connectivity index (χ0v) is 15.5. The summed E-state index contributed by atoms with van der Waals surface area (Å²) in [5, 5.41) is 13.1. The Bertz CT molecular complexity index is 723. The molecule has 1 aliphatic carbocycles. The van der Waals surface area contributed by atoms with E-state index in [4.69, 9.17) is 0 Å². The zero-order chi connectivity index (χ0) is 17.3. The van der Waals surface area contributed by atoms with Crippen molar-refractivity contribution >= 4 is 0 Å². The van der Waals surface area contributed by atoms with E-state index in [9.17, 15) is 0 Å². The standard InChI is InChI=1S/C20H29N5/c1-16-10-9-11-18(17(16)2)25-19(21-22-23-25)20(12-5-3-6-13-20)24-14-7-4-8-15-24/h9-11H,3-8,12-15H2,1-2H3. The zero-order valence-electron chi connectivity index (χ0n) is 15.5. The van der Waals surface area contributed by atoms with Crippen molar-refractivity contribution in [1.29, 1.82) is 0 Å². The summed E-state index contributed by atoms with van der Waals surface area (Å²) in [5.41, 5.74) is 3.69. The van der Waals surface area contributed by atoms with Crippen LogP contribution in [-0.4, -0.2) is 38.2 Å². The molecule has 0 bridgehead atoms.